The number of rotatable bonds is 6. The lowest BCUT2D eigenvalue weighted by Gasteiger charge is -2.15. The Morgan fingerprint density at radius 2 is 1.96 bits per heavy atom. The van der Waals surface area contributed by atoms with E-state index in [0.29, 0.717) is 21.9 Å². The molecule has 5 heteroatoms. The zero-order valence-corrected chi connectivity index (χ0v) is 14.8. The van der Waals surface area contributed by atoms with E-state index in [0.717, 1.165) is 5.56 Å². The summed E-state index contributed by atoms with van der Waals surface area (Å²) in [6, 6.07) is 12.5. The van der Waals surface area contributed by atoms with E-state index in [4.69, 9.17) is 16.3 Å². The van der Waals surface area contributed by atoms with Gasteiger partial charge in [0, 0.05) is 6.54 Å². The normalized spacial score (nSPS) is 12.1. The van der Waals surface area contributed by atoms with Crippen LogP contribution in [0, 0.1) is 6.92 Å². The highest BCUT2D eigenvalue weighted by Crippen LogP contribution is 2.22. The molecule has 1 amide bonds. The molecule has 128 valence electrons. The lowest BCUT2D eigenvalue weighted by atomic mass is 10.1. The highest BCUT2D eigenvalue weighted by molar-refractivity contribution is 6.34. The molecule has 0 aromatic heterocycles. The summed E-state index contributed by atoms with van der Waals surface area (Å²) in [5.41, 5.74) is 1.92. The number of aliphatic hydroxyl groups excluding tert-OH is 1. The second-order valence-corrected chi connectivity index (χ2v) is 6.28. The molecule has 0 aliphatic carbocycles. The first-order valence-electron chi connectivity index (χ1n) is 7.86. The lowest BCUT2D eigenvalue weighted by Crippen LogP contribution is -2.28. The van der Waals surface area contributed by atoms with Crippen LogP contribution in [0.3, 0.4) is 0 Å². The van der Waals surface area contributed by atoms with Gasteiger partial charge < -0.3 is 15.2 Å². The molecule has 0 fully saturated rings. The van der Waals surface area contributed by atoms with E-state index >= 15 is 0 Å². The Hall–Kier alpha value is -2.04. The summed E-state index contributed by atoms with van der Waals surface area (Å²) in [4.78, 5) is 12.2. The minimum Gasteiger partial charge on any atom is -0.491 e. The summed E-state index contributed by atoms with van der Waals surface area (Å²) >= 11 is 6.15. The number of halogens is 1. The minimum atomic E-state index is -0.826. The fourth-order valence-electron chi connectivity index (χ4n) is 2.29. The van der Waals surface area contributed by atoms with Gasteiger partial charge in [0.05, 0.1) is 22.8 Å². The molecule has 2 N–H and O–H groups in total. The van der Waals surface area contributed by atoms with Gasteiger partial charge in [-0.1, -0.05) is 35.9 Å². The predicted octanol–water partition coefficient (Wildman–Crippen LogP) is 3.90. The molecule has 4 nitrogen and oxygen atoms in total. The van der Waals surface area contributed by atoms with Crippen molar-refractivity contribution in [2.75, 3.05) is 6.54 Å². The number of nitrogens with one attached hydrogen (secondary N) is 1. The maximum absolute atomic E-state index is 12.2. The average Bonchev–Trinajstić information content (AvgIpc) is 2.54. The Labute approximate surface area is 147 Å². The Bertz CT molecular complexity index is 716. The fourth-order valence-corrected chi connectivity index (χ4v) is 2.50. The second-order valence-electron chi connectivity index (χ2n) is 5.90. The molecule has 0 aliphatic heterocycles. The number of hydrogen-bond acceptors (Lipinski definition) is 3. The number of aryl methyl sites for hydroxylation is 1. The third-order valence-corrected chi connectivity index (χ3v) is 4.01. The van der Waals surface area contributed by atoms with Gasteiger partial charge >= 0.3 is 0 Å². The van der Waals surface area contributed by atoms with Gasteiger partial charge in [-0.3, -0.25) is 4.79 Å². The number of benzene rings is 2. The van der Waals surface area contributed by atoms with E-state index in [2.05, 4.69) is 5.32 Å². The Kier molecular flexibility index (Phi) is 6.23. The van der Waals surface area contributed by atoms with Crippen molar-refractivity contribution in [2.24, 2.45) is 0 Å². The molecule has 0 heterocycles. The molecule has 0 aliphatic rings. The molecule has 24 heavy (non-hydrogen) atoms. The van der Waals surface area contributed by atoms with Gasteiger partial charge in [0.1, 0.15) is 5.75 Å². The van der Waals surface area contributed by atoms with E-state index < -0.39 is 6.10 Å². The van der Waals surface area contributed by atoms with Crippen LogP contribution < -0.4 is 10.1 Å². The summed E-state index contributed by atoms with van der Waals surface area (Å²) in [6.45, 7) is 5.81. The summed E-state index contributed by atoms with van der Waals surface area (Å²) in [5, 5.41) is 13.4. The molecule has 2 rings (SSSR count). The highest BCUT2D eigenvalue weighted by atomic mass is 35.5. The van der Waals surface area contributed by atoms with E-state index in [1.54, 1.807) is 24.3 Å². The van der Waals surface area contributed by atoms with Crippen molar-refractivity contribution >= 4 is 17.5 Å². The molecule has 1 unspecified atom stereocenters. The average molecular weight is 348 g/mol. The van der Waals surface area contributed by atoms with Crippen LogP contribution in [0.25, 0.3) is 0 Å². The van der Waals surface area contributed by atoms with Crippen molar-refractivity contribution < 1.29 is 14.6 Å². The third-order valence-electron chi connectivity index (χ3n) is 3.51. The minimum absolute atomic E-state index is 0.0561. The maximum Gasteiger partial charge on any atom is 0.252 e. The Balaban J connectivity index is 2.01. The van der Waals surface area contributed by atoms with E-state index in [1.165, 1.54) is 0 Å². The quantitative estimate of drug-likeness (QED) is 0.833. The molecule has 0 bridgehead atoms. The van der Waals surface area contributed by atoms with Crippen molar-refractivity contribution in [1.82, 2.24) is 5.32 Å². The zero-order valence-electron chi connectivity index (χ0n) is 14.0. The smallest absolute Gasteiger partial charge is 0.252 e. The molecule has 0 saturated heterocycles. The van der Waals surface area contributed by atoms with Crippen LogP contribution in [0.2, 0.25) is 5.02 Å². The maximum atomic E-state index is 12.2. The summed E-state index contributed by atoms with van der Waals surface area (Å²) < 4.78 is 5.61. The number of hydrogen-bond donors (Lipinski definition) is 2. The van der Waals surface area contributed by atoms with Gasteiger partial charge in [-0.25, -0.2) is 0 Å². The van der Waals surface area contributed by atoms with Gasteiger partial charge in [-0.2, -0.15) is 0 Å². The fraction of sp³-hybridized carbons (Fsp3) is 0.316. The van der Waals surface area contributed by atoms with Crippen molar-refractivity contribution in [2.45, 2.75) is 33.0 Å². The van der Waals surface area contributed by atoms with E-state index in [1.807, 2.05) is 39.0 Å². The molecular weight excluding hydrogens is 326 g/mol. The molecule has 2 aromatic carbocycles. The Morgan fingerprint density at radius 3 is 2.67 bits per heavy atom. The van der Waals surface area contributed by atoms with Crippen LogP contribution >= 0.6 is 11.6 Å². The predicted molar refractivity (Wildman–Crippen MR) is 95.7 cm³/mol. The largest absolute Gasteiger partial charge is 0.491 e. The first-order chi connectivity index (χ1) is 11.4. The summed E-state index contributed by atoms with van der Waals surface area (Å²) in [7, 11) is 0. The highest BCUT2D eigenvalue weighted by Gasteiger charge is 2.14. The number of aliphatic hydroxyl groups is 1. The van der Waals surface area contributed by atoms with Crippen molar-refractivity contribution in [1.29, 1.82) is 0 Å². The van der Waals surface area contributed by atoms with Crippen molar-refractivity contribution in [3.05, 3.63) is 64.2 Å². The molecule has 0 radical (unpaired) electrons. The molecule has 2 aromatic rings. The molecular formula is C19H22ClNO3. The molecule has 0 saturated carbocycles. The summed E-state index contributed by atoms with van der Waals surface area (Å²) in [5.74, 6) is 0.381. The van der Waals surface area contributed by atoms with Crippen molar-refractivity contribution in [3.8, 4) is 5.75 Å². The van der Waals surface area contributed by atoms with Gasteiger partial charge in [-0.15, -0.1) is 0 Å². The second kappa shape index (κ2) is 8.18. The number of amides is 1. The standard InChI is InChI=1S/C19H22ClNO3/c1-12(2)24-15-8-5-7-14(10-15)17(22)11-21-19(23)16-9-4-6-13(3)18(16)20/h4-10,12,17,22H,11H2,1-3H3,(H,21,23). The van der Waals surface area contributed by atoms with E-state index in [-0.39, 0.29) is 18.6 Å². The zero-order chi connectivity index (χ0) is 17.7. The van der Waals surface area contributed by atoms with Crippen LogP contribution in [0.4, 0.5) is 0 Å². The van der Waals surface area contributed by atoms with Gasteiger partial charge in [0.25, 0.3) is 5.91 Å². The molecule has 0 spiro atoms. The van der Waals surface area contributed by atoms with Gasteiger partial charge in [0.15, 0.2) is 0 Å². The SMILES string of the molecule is Cc1cccc(C(=O)NCC(O)c2cccc(OC(C)C)c2)c1Cl. The molecule has 1 atom stereocenters. The van der Waals surface area contributed by atoms with Crippen LogP contribution in [-0.2, 0) is 0 Å². The number of carbonyl (C=O) groups excluding carboxylic acids is 1. The topological polar surface area (TPSA) is 58.6 Å². The van der Waals surface area contributed by atoms with Crippen LogP contribution in [0.5, 0.6) is 5.75 Å². The van der Waals surface area contributed by atoms with Crippen LogP contribution in [0.1, 0.15) is 41.4 Å². The third kappa shape index (κ3) is 4.73. The number of ether oxygens (including phenoxy) is 1. The van der Waals surface area contributed by atoms with Crippen LogP contribution in [-0.4, -0.2) is 23.7 Å². The van der Waals surface area contributed by atoms with Crippen LogP contribution in [0.15, 0.2) is 42.5 Å². The lowest BCUT2D eigenvalue weighted by molar-refractivity contribution is 0.0916. The van der Waals surface area contributed by atoms with E-state index in [9.17, 15) is 9.90 Å². The Morgan fingerprint density at radius 1 is 1.25 bits per heavy atom. The summed E-state index contributed by atoms with van der Waals surface area (Å²) in [6.07, 6.45) is -0.770. The monoisotopic (exact) mass is 347 g/mol. The van der Waals surface area contributed by atoms with Gasteiger partial charge in [0.2, 0.25) is 0 Å². The first kappa shape index (κ1) is 18.3. The first-order valence-corrected chi connectivity index (χ1v) is 8.24. The number of carbonyl (C=O) groups is 1. The van der Waals surface area contributed by atoms with Crippen molar-refractivity contribution in [3.63, 3.8) is 0 Å². The van der Waals surface area contributed by atoms with Gasteiger partial charge in [-0.05, 0) is 50.1 Å².